The van der Waals surface area contributed by atoms with Crippen LogP contribution >= 0.6 is 15.9 Å². The molecular formula is C19H24BrN3O4. The monoisotopic (exact) mass is 437 g/mol. The molecule has 1 atom stereocenters. The molecule has 2 heterocycles. The molecule has 0 saturated heterocycles. The summed E-state index contributed by atoms with van der Waals surface area (Å²) < 4.78 is 9.38. The summed E-state index contributed by atoms with van der Waals surface area (Å²) in [6.45, 7) is 5.94. The topological polar surface area (TPSA) is 96.3 Å². The number of primary amides is 1. The number of nitrogens with two attached hydrogens (primary N) is 1. The predicted molar refractivity (Wildman–Crippen MR) is 106 cm³/mol. The molecule has 3 rings (SSSR count). The Labute approximate surface area is 165 Å². The molecule has 1 amide bonds. The number of aromatic nitrogens is 2. The molecule has 0 aliphatic carbocycles. The molecule has 0 spiro atoms. The van der Waals surface area contributed by atoms with Gasteiger partial charge in [-0.05, 0) is 57.7 Å². The van der Waals surface area contributed by atoms with Gasteiger partial charge in [-0.2, -0.15) is 0 Å². The second-order valence-corrected chi connectivity index (χ2v) is 8.70. The zero-order valence-electron chi connectivity index (χ0n) is 15.8. The number of nitrogens with zero attached hydrogens (tertiary/aromatic N) is 2. The van der Waals surface area contributed by atoms with Crippen LogP contribution in [0.25, 0.3) is 11.0 Å². The molecular weight excluding hydrogens is 414 g/mol. The fraction of sp³-hybridized carbons (Fsp3) is 0.526. The van der Waals surface area contributed by atoms with Crippen LogP contribution in [0.1, 0.15) is 51.6 Å². The Hall–Kier alpha value is -2.09. The third-order valence-corrected chi connectivity index (χ3v) is 5.40. The maximum atomic E-state index is 13.0. The number of hydrogen-bond donors (Lipinski definition) is 1. The molecule has 0 saturated carbocycles. The summed E-state index contributed by atoms with van der Waals surface area (Å²) in [5.74, 6) is -1.05. The van der Waals surface area contributed by atoms with E-state index in [2.05, 4.69) is 15.9 Å². The van der Waals surface area contributed by atoms with Crippen LogP contribution in [0, 0.1) is 0 Å². The Balaban J connectivity index is 2.00. The van der Waals surface area contributed by atoms with Gasteiger partial charge < -0.3 is 10.5 Å². The molecule has 146 valence electrons. The molecule has 27 heavy (non-hydrogen) atoms. The summed E-state index contributed by atoms with van der Waals surface area (Å²) in [5.41, 5.74) is 7.30. The highest BCUT2D eigenvalue weighted by Crippen LogP contribution is 2.32. The number of hydrogen-bond acceptors (Lipinski definition) is 4. The largest absolute Gasteiger partial charge is 0.460 e. The molecule has 0 bridgehead atoms. The Bertz CT molecular complexity index is 968. The number of rotatable bonds is 5. The van der Waals surface area contributed by atoms with E-state index in [1.54, 1.807) is 25.3 Å². The smallest absolute Gasteiger partial charge is 0.329 e. The van der Waals surface area contributed by atoms with Crippen LogP contribution in [0.2, 0.25) is 0 Å². The minimum atomic E-state index is -0.902. The first-order valence-corrected chi connectivity index (χ1v) is 9.82. The maximum Gasteiger partial charge on any atom is 0.329 e. The Morgan fingerprint density at radius 2 is 2.04 bits per heavy atom. The zero-order chi connectivity index (χ0) is 19.9. The van der Waals surface area contributed by atoms with Crippen LogP contribution in [-0.2, 0) is 27.3 Å². The van der Waals surface area contributed by atoms with Crippen LogP contribution in [0.3, 0.4) is 0 Å². The van der Waals surface area contributed by atoms with Crippen LogP contribution in [0.15, 0.2) is 21.4 Å². The van der Waals surface area contributed by atoms with Crippen molar-refractivity contribution in [3.05, 3.63) is 32.7 Å². The Kier molecular flexibility index (Phi) is 5.20. The van der Waals surface area contributed by atoms with Gasteiger partial charge in [0.15, 0.2) is 0 Å². The van der Waals surface area contributed by atoms with E-state index in [9.17, 15) is 14.4 Å². The van der Waals surface area contributed by atoms with Crippen molar-refractivity contribution in [2.75, 3.05) is 0 Å². The van der Waals surface area contributed by atoms with Crippen LogP contribution in [-0.4, -0.2) is 26.6 Å². The second-order valence-electron chi connectivity index (χ2n) is 7.84. The number of halogens is 1. The molecule has 1 aliphatic heterocycles. The van der Waals surface area contributed by atoms with Gasteiger partial charge in [-0.1, -0.05) is 15.9 Å². The van der Waals surface area contributed by atoms with Crippen molar-refractivity contribution >= 4 is 38.8 Å². The average molecular weight is 438 g/mol. The zero-order valence-corrected chi connectivity index (χ0v) is 17.3. The van der Waals surface area contributed by atoms with Gasteiger partial charge in [0.05, 0.1) is 11.0 Å². The van der Waals surface area contributed by atoms with Crippen molar-refractivity contribution in [1.82, 2.24) is 9.13 Å². The van der Waals surface area contributed by atoms with Gasteiger partial charge in [0.1, 0.15) is 11.6 Å². The number of carbonyl (C=O) groups excluding carboxylic acids is 2. The van der Waals surface area contributed by atoms with Gasteiger partial charge >= 0.3 is 11.7 Å². The molecule has 1 aliphatic rings. The summed E-state index contributed by atoms with van der Waals surface area (Å²) in [5, 5.41) is 0. The normalized spacial score (nSPS) is 15.0. The predicted octanol–water partition coefficient (Wildman–Crippen LogP) is 2.66. The lowest BCUT2D eigenvalue weighted by atomic mass is 10.0. The Morgan fingerprint density at radius 3 is 2.67 bits per heavy atom. The van der Waals surface area contributed by atoms with E-state index < -0.39 is 23.5 Å². The highest BCUT2D eigenvalue weighted by Gasteiger charge is 2.29. The first kappa shape index (κ1) is 19.7. The summed E-state index contributed by atoms with van der Waals surface area (Å²) >= 11 is 3.55. The van der Waals surface area contributed by atoms with E-state index in [0.717, 1.165) is 28.4 Å². The summed E-state index contributed by atoms with van der Waals surface area (Å²) in [6, 6.07) is 2.80. The van der Waals surface area contributed by atoms with Gasteiger partial charge in [0, 0.05) is 17.4 Å². The number of benzene rings is 1. The number of amides is 1. The molecule has 2 N–H and O–H groups in total. The van der Waals surface area contributed by atoms with Crippen molar-refractivity contribution in [2.24, 2.45) is 5.73 Å². The molecule has 0 unspecified atom stereocenters. The third-order valence-electron chi connectivity index (χ3n) is 4.66. The molecule has 2 aromatic rings. The van der Waals surface area contributed by atoms with Gasteiger partial charge in [-0.3, -0.25) is 18.7 Å². The minimum Gasteiger partial charge on any atom is -0.460 e. The first-order chi connectivity index (χ1) is 12.6. The summed E-state index contributed by atoms with van der Waals surface area (Å²) in [7, 11) is 0. The fourth-order valence-corrected chi connectivity index (χ4v) is 4.15. The van der Waals surface area contributed by atoms with Crippen LogP contribution < -0.4 is 11.4 Å². The number of imidazole rings is 1. The van der Waals surface area contributed by atoms with E-state index in [0.29, 0.717) is 12.1 Å². The van der Waals surface area contributed by atoms with Crippen molar-refractivity contribution < 1.29 is 14.3 Å². The number of carbonyl (C=O) groups is 2. The van der Waals surface area contributed by atoms with Crippen molar-refractivity contribution in [2.45, 2.75) is 64.6 Å². The first-order valence-electron chi connectivity index (χ1n) is 9.03. The average Bonchev–Trinajstić information content (AvgIpc) is 2.84. The van der Waals surface area contributed by atoms with Gasteiger partial charge in [0.25, 0.3) is 0 Å². The van der Waals surface area contributed by atoms with E-state index in [-0.39, 0.29) is 18.5 Å². The second kappa shape index (κ2) is 7.14. The molecule has 1 aromatic carbocycles. The molecule has 7 nitrogen and oxygen atoms in total. The minimum absolute atomic E-state index is 0.00732. The quantitative estimate of drug-likeness (QED) is 0.726. The fourth-order valence-electron chi connectivity index (χ4n) is 3.63. The van der Waals surface area contributed by atoms with Crippen LogP contribution in [0.4, 0.5) is 0 Å². The SMILES string of the molecule is CC(C)(C)OC(=O)CC[C@@H](C(N)=O)n1c(=O)n2c3c(c(Br)ccc31)CCC2. The van der Waals surface area contributed by atoms with E-state index in [1.807, 2.05) is 12.1 Å². The molecule has 1 aromatic heterocycles. The lowest BCUT2D eigenvalue weighted by Gasteiger charge is -2.20. The van der Waals surface area contributed by atoms with Gasteiger partial charge in [0.2, 0.25) is 5.91 Å². The maximum absolute atomic E-state index is 13.0. The van der Waals surface area contributed by atoms with E-state index in [4.69, 9.17) is 10.5 Å². The van der Waals surface area contributed by atoms with Crippen molar-refractivity contribution in [1.29, 1.82) is 0 Å². The highest BCUT2D eigenvalue weighted by atomic mass is 79.9. The lowest BCUT2D eigenvalue weighted by Crippen LogP contribution is -2.35. The third kappa shape index (κ3) is 3.81. The highest BCUT2D eigenvalue weighted by molar-refractivity contribution is 9.10. The molecule has 8 heteroatoms. The van der Waals surface area contributed by atoms with Gasteiger partial charge in [-0.25, -0.2) is 4.79 Å². The Morgan fingerprint density at radius 1 is 1.33 bits per heavy atom. The molecule has 0 radical (unpaired) electrons. The molecule has 0 fully saturated rings. The van der Waals surface area contributed by atoms with Crippen LogP contribution in [0.5, 0.6) is 0 Å². The summed E-state index contributed by atoms with van der Waals surface area (Å²) in [4.78, 5) is 37.2. The van der Waals surface area contributed by atoms with E-state index >= 15 is 0 Å². The standard InChI is InChI=1S/C19H24BrN3O4/c1-19(2,3)27-15(24)9-8-14(17(21)25)23-13-7-6-12(20)11-5-4-10-22(16(11)13)18(23)26/h6-7,14H,4-5,8-10H2,1-3H3,(H2,21,25)/t14-/m0/s1. The van der Waals surface area contributed by atoms with E-state index in [1.165, 1.54) is 4.57 Å². The van der Waals surface area contributed by atoms with Gasteiger partial charge in [-0.15, -0.1) is 0 Å². The number of esters is 1. The van der Waals surface area contributed by atoms with Crippen molar-refractivity contribution in [3.8, 4) is 0 Å². The lowest BCUT2D eigenvalue weighted by molar-refractivity contribution is -0.155. The van der Waals surface area contributed by atoms with Crippen molar-refractivity contribution in [3.63, 3.8) is 0 Å². The number of ether oxygens (including phenoxy) is 1. The number of aryl methyl sites for hydroxylation is 2. The summed E-state index contributed by atoms with van der Waals surface area (Å²) in [6.07, 6.45) is 1.84.